The van der Waals surface area contributed by atoms with Crippen LogP contribution < -0.4 is 11.1 Å². The Morgan fingerprint density at radius 2 is 2.06 bits per heavy atom. The van der Waals surface area contributed by atoms with Gasteiger partial charge in [-0.2, -0.15) is 0 Å². The lowest BCUT2D eigenvalue weighted by molar-refractivity contribution is -0.135. The lowest BCUT2D eigenvalue weighted by Gasteiger charge is -2.05. The molecule has 0 aliphatic heterocycles. The average molecular weight is 234 g/mol. The number of hydrogen-bond acceptors (Lipinski definition) is 3. The summed E-state index contributed by atoms with van der Waals surface area (Å²) < 4.78 is 0. The van der Waals surface area contributed by atoms with Crippen molar-refractivity contribution in [2.75, 3.05) is 13.1 Å². The number of rotatable bonds is 5. The van der Waals surface area contributed by atoms with Crippen LogP contribution in [0.15, 0.2) is 30.3 Å². The summed E-state index contributed by atoms with van der Waals surface area (Å²) in [6.07, 6.45) is 3.46. The van der Waals surface area contributed by atoms with E-state index in [-0.39, 0.29) is 0 Å². The van der Waals surface area contributed by atoms with E-state index >= 15 is 0 Å². The second-order valence-corrected chi connectivity index (χ2v) is 3.30. The number of nitrogens with two attached hydrogens (primary N) is 1. The molecule has 17 heavy (non-hydrogen) atoms. The van der Waals surface area contributed by atoms with Crippen LogP contribution in [0.5, 0.6) is 0 Å². The smallest absolute Gasteiger partial charge is 0.322 e. The molecule has 0 aliphatic rings. The molecule has 4 N–H and O–H groups in total. The number of hydrogen-bond donors (Lipinski definition) is 3. The Kier molecular flexibility index (Phi) is 4.90. The van der Waals surface area contributed by atoms with Crippen molar-refractivity contribution in [3.8, 4) is 0 Å². The molecule has 0 aliphatic carbocycles. The van der Waals surface area contributed by atoms with Crippen molar-refractivity contribution >= 4 is 18.0 Å². The molecular weight excluding hydrogens is 220 g/mol. The summed E-state index contributed by atoms with van der Waals surface area (Å²) in [5, 5.41) is 10.8. The Bertz CT molecular complexity index is 441. The minimum absolute atomic E-state index is 0.380. The SMILES string of the molecule is NCC=Cc1ccccc1C(=O)NCC(=O)O. The van der Waals surface area contributed by atoms with Crippen LogP contribution in [0, 0.1) is 0 Å². The van der Waals surface area contributed by atoms with Crippen LogP contribution in [-0.2, 0) is 4.79 Å². The van der Waals surface area contributed by atoms with Crippen molar-refractivity contribution < 1.29 is 14.7 Å². The predicted molar refractivity (Wildman–Crippen MR) is 64.5 cm³/mol. The van der Waals surface area contributed by atoms with Crippen molar-refractivity contribution in [1.82, 2.24) is 5.32 Å². The summed E-state index contributed by atoms with van der Waals surface area (Å²) in [6, 6.07) is 6.91. The normalized spacial score (nSPS) is 10.4. The molecule has 0 fully saturated rings. The van der Waals surface area contributed by atoms with Gasteiger partial charge in [0.05, 0.1) is 0 Å². The number of aliphatic carboxylic acids is 1. The zero-order valence-electron chi connectivity index (χ0n) is 9.22. The molecule has 1 amide bonds. The van der Waals surface area contributed by atoms with Crippen LogP contribution in [0.3, 0.4) is 0 Å². The van der Waals surface area contributed by atoms with Crippen LogP contribution in [-0.4, -0.2) is 30.1 Å². The van der Waals surface area contributed by atoms with Crippen molar-refractivity contribution in [3.63, 3.8) is 0 Å². The molecule has 1 aromatic carbocycles. The van der Waals surface area contributed by atoms with E-state index in [0.717, 1.165) is 0 Å². The van der Waals surface area contributed by atoms with E-state index in [0.29, 0.717) is 17.7 Å². The fourth-order valence-corrected chi connectivity index (χ4v) is 1.30. The Labute approximate surface area is 98.9 Å². The molecule has 1 aromatic rings. The first-order valence-electron chi connectivity index (χ1n) is 5.10. The van der Waals surface area contributed by atoms with Gasteiger partial charge in [-0.25, -0.2) is 0 Å². The molecule has 0 aromatic heterocycles. The van der Waals surface area contributed by atoms with E-state index in [1.54, 1.807) is 36.4 Å². The third-order valence-electron chi connectivity index (χ3n) is 2.04. The molecule has 90 valence electrons. The molecule has 5 heteroatoms. The van der Waals surface area contributed by atoms with Gasteiger partial charge in [-0.3, -0.25) is 9.59 Å². The topological polar surface area (TPSA) is 92.4 Å². The number of amides is 1. The van der Waals surface area contributed by atoms with E-state index in [2.05, 4.69) is 5.32 Å². The highest BCUT2D eigenvalue weighted by Crippen LogP contribution is 2.10. The van der Waals surface area contributed by atoms with E-state index < -0.39 is 18.4 Å². The summed E-state index contributed by atoms with van der Waals surface area (Å²) in [4.78, 5) is 22.0. The molecule has 1 rings (SSSR count). The lowest BCUT2D eigenvalue weighted by atomic mass is 10.1. The molecule has 0 heterocycles. The van der Waals surface area contributed by atoms with Gasteiger partial charge in [0, 0.05) is 12.1 Å². The van der Waals surface area contributed by atoms with E-state index in [9.17, 15) is 9.59 Å². The lowest BCUT2D eigenvalue weighted by Crippen LogP contribution is -2.29. The predicted octanol–water partition coefficient (Wildman–Crippen LogP) is 0.473. The first-order chi connectivity index (χ1) is 8.15. The molecule has 0 saturated heterocycles. The fourth-order valence-electron chi connectivity index (χ4n) is 1.30. The maximum Gasteiger partial charge on any atom is 0.322 e. The molecular formula is C12H14N2O3. The van der Waals surface area contributed by atoms with Gasteiger partial charge >= 0.3 is 5.97 Å². The highest BCUT2D eigenvalue weighted by molar-refractivity contribution is 5.98. The van der Waals surface area contributed by atoms with Crippen LogP contribution in [0.4, 0.5) is 0 Å². The molecule has 0 spiro atoms. The third kappa shape index (κ3) is 4.08. The number of carboxylic acid groups (broad SMARTS) is 1. The molecule has 5 nitrogen and oxygen atoms in total. The highest BCUT2D eigenvalue weighted by atomic mass is 16.4. The second kappa shape index (κ2) is 6.44. The summed E-state index contributed by atoms with van der Waals surface area (Å²) in [6.45, 7) is -0.0150. The number of benzene rings is 1. The van der Waals surface area contributed by atoms with Gasteiger partial charge in [0.25, 0.3) is 5.91 Å². The van der Waals surface area contributed by atoms with Crippen molar-refractivity contribution in [2.24, 2.45) is 5.73 Å². The molecule has 0 saturated carbocycles. The maximum absolute atomic E-state index is 11.7. The Balaban J connectivity index is 2.85. The van der Waals surface area contributed by atoms with E-state index in [4.69, 9.17) is 10.8 Å². The van der Waals surface area contributed by atoms with Gasteiger partial charge < -0.3 is 16.2 Å². The van der Waals surface area contributed by atoms with Crippen molar-refractivity contribution in [1.29, 1.82) is 0 Å². The fraction of sp³-hybridized carbons (Fsp3) is 0.167. The number of carboxylic acids is 1. The first-order valence-corrected chi connectivity index (χ1v) is 5.10. The third-order valence-corrected chi connectivity index (χ3v) is 2.04. The summed E-state index contributed by atoms with van der Waals surface area (Å²) in [5.41, 5.74) is 6.47. The van der Waals surface area contributed by atoms with Gasteiger partial charge in [0.1, 0.15) is 6.54 Å². The van der Waals surface area contributed by atoms with Crippen LogP contribution >= 0.6 is 0 Å². The van der Waals surface area contributed by atoms with Crippen LogP contribution in [0.2, 0.25) is 0 Å². The molecule has 0 unspecified atom stereocenters. The minimum atomic E-state index is -1.08. The largest absolute Gasteiger partial charge is 0.480 e. The first kappa shape index (κ1) is 12.9. The van der Waals surface area contributed by atoms with Gasteiger partial charge in [-0.1, -0.05) is 30.4 Å². The monoisotopic (exact) mass is 234 g/mol. The number of carbonyl (C=O) groups is 2. The quantitative estimate of drug-likeness (QED) is 0.690. The Hall–Kier alpha value is -2.14. The molecule has 0 radical (unpaired) electrons. The van der Waals surface area contributed by atoms with Crippen LogP contribution in [0.1, 0.15) is 15.9 Å². The van der Waals surface area contributed by atoms with Gasteiger partial charge in [0.15, 0.2) is 0 Å². The zero-order chi connectivity index (χ0) is 12.7. The average Bonchev–Trinajstić information content (AvgIpc) is 2.33. The highest BCUT2D eigenvalue weighted by Gasteiger charge is 2.09. The van der Waals surface area contributed by atoms with E-state index in [1.807, 2.05) is 0 Å². The van der Waals surface area contributed by atoms with Gasteiger partial charge in [0.2, 0.25) is 0 Å². The van der Waals surface area contributed by atoms with Crippen molar-refractivity contribution in [3.05, 3.63) is 41.5 Å². The maximum atomic E-state index is 11.7. The summed E-state index contributed by atoms with van der Waals surface area (Å²) in [5.74, 6) is -1.49. The van der Waals surface area contributed by atoms with Gasteiger partial charge in [-0.05, 0) is 11.6 Å². The van der Waals surface area contributed by atoms with Crippen molar-refractivity contribution in [2.45, 2.75) is 0 Å². The Morgan fingerprint density at radius 1 is 1.35 bits per heavy atom. The van der Waals surface area contributed by atoms with E-state index in [1.165, 1.54) is 0 Å². The number of carbonyl (C=O) groups excluding carboxylic acids is 1. The number of nitrogens with one attached hydrogen (secondary N) is 1. The second-order valence-electron chi connectivity index (χ2n) is 3.30. The zero-order valence-corrected chi connectivity index (χ0v) is 9.22. The molecule has 0 bridgehead atoms. The summed E-state index contributed by atoms with van der Waals surface area (Å²) >= 11 is 0. The standard InChI is InChI=1S/C12H14N2O3/c13-7-3-5-9-4-1-2-6-10(9)12(17)14-8-11(15)16/h1-6H,7-8,13H2,(H,14,17)(H,15,16). The van der Waals surface area contributed by atoms with Crippen LogP contribution in [0.25, 0.3) is 6.08 Å². The summed E-state index contributed by atoms with van der Waals surface area (Å²) in [7, 11) is 0. The minimum Gasteiger partial charge on any atom is -0.480 e. The molecule has 0 atom stereocenters. The van der Waals surface area contributed by atoms with Gasteiger partial charge in [-0.15, -0.1) is 0 Å². The Morgan fingerprint density at radius 3 is 2.71 bits per heavy atom.